The number of carbonyl (C=O) groups is 2. The second-order valence-electron chi connectivity index (χ2n) is 10.0. The van der Waals surface area contributed by atoms with Crippen molar-refractivity contribution in [3.63, 3.8) is 0 Å². The molecule has 0 aliphatic carbocycles. The number of nitrogens with one attached hydrogen (secondary N) is 1. The molecule has 0 bridgehead atoms. The van der Waals surface area contributed by atoms with Crippen LogP contribution in [0.3, 0.4) is 0 Å². The third kappa shape index (κ3) is 6.42. The van der Waals surface area contributed by atoms with E-state index in [0.717, 1.165) is 5.56 Å². The third-order valence-corrected chi connectivity index (χ3v) is 6.11. The molecule has 2 aromatic carbocycles. The van der Waals surface area contributed by atoms with E-state index in [1.54, 1.807) is 11.0 Å². The van der Waals surface area contributed by atoms with E-state index in [0.29, 0.717) is 37.6 Å². The van der Waals surface area contributed by atoms with Gasteiger partial charge in [-0.25, -0.2) is 14.0 Å². The molecule has 4 rings (SSSR count). The summed E-state index contributed by atoms with van der Waals surface area (Å²) in [6.45, 7) is 7.30. The summed E-state index contributed by atoms with van der Waals surface area (Å²) in [5.41, 5.74) is 0.850. The molecule has 1 fully saturated rings. The zero-order valence-electron chi connectivity index (χ0n) is 21.3. The van der Waals surface area contributed by atoms with Crippen LogP contribution in [0.4, 0.5) is 19.7 Å². The Balaban J connectivity index is 1.40. The number of halogens is 1. The number of rotatable bonds is 4. The third-order valence-electron chi connectivity index (χ3n) is 6.11. The van der Waals surface area contributed by atoms with E-state index in [4.69, 9.17) is 14.2 Å². The molecule has 1 saturated heterocycles. The molecule has 0 aromatic heterocycles. The van der Waals surface area contributed by atoms with E-state index in [9.17, 15) is 14.9 Å². The number of amides is 2. The molecule has 2 aromatic rings. The number of benzene rings is 2. The monoisotopic (exact) mass is 510 g/mol. The first-order chi connectivity index (χ1) is 17.6. The maximum atomic E-state index is 15.5. The Morgan fingerprint density at radius 3 is 2.54 bits per heavy atom. The van der Waals surface area contributed by atoms with Crippen LogP contribution >= 0.6 is 0 Å². The summed E-state index contributed by atoms with van der Waals surface area (Å²) >= 11 is 0. The average molecular weight is 511 g/mol. The first-order valence-electron chi connectivity index (χ1n) is 12.2. The maximum Gasteiger partial charge on any atom is 0.410 e. The molecule has 0 radical (unpaired) electrons. The number of anilines is 1. The van der Waals surface area contributed by atoms with Gasteiger partial charge in [-0.1, -0.05) is 30.3 Å². The molecule has 1 N–H and O–H groups in total. The molecular formula is C27H31FN4O5. The van der Waals surface area contributed by atoms with Gasteiger partial charge >= 0.3 is 12.2 Å². The van der Waals surface area contributed by atoms with E-state index < -0.39 is 29.6 Å². The van der Waals surface area contributed by atoms with Gasteiger partial charge in [-0.2, -0.15) is 5.26 Å². The zero-order valence-corrected chi connectivity index (χ0v) is 21.3. The molecule has 0 unspecified atom stereocenters. The van der Waals surface area contributed by atoms with Crippen molar-refractivity contribution in [2.24, 2.45) is 0 Å². The lowest BCUT2D eigenvalue weighted by molar-refractivity contribution is 0.0240. The highest BCUT2D eigenvalue weighted by Gasteiger charge is 2.31. The Bertz CT molecular complexity index is 1180. The van der Waals surface area contributed by atoms with Crippen LogP contribution in [-0.4, -0.2) is 61.5 Å². The van der Waals surface area contributed by atoms with Gasteiger partial charge in [-0.05, 0) is 26.3 Å². The fourth-order valence-electron chi connectivity index (χ4n) is 4.31. The van der Waals surface area contributed by atoms with E-state index in [-0.39, 0.29) is 30.8 Å². The molecule has 0 saturated carbocycles. The number of piperazine rings is 1. The van der Waals surface area contributed by atoms with Crippen molar-refractivity contribution in [1.82, 2.24) is 10.2 Å². The van der Waals surface area contributed by atoms with Crippen molar-refractivity contribution >= 4 is 17.9 Å². The Morgan fingerprint density at radius 1 is 1.19 bits per heavy atom. The van der Waals surface area contributed by atoms with Crippen LogP contribution in [0.5, 0.6) is 5.75 Å². The molecule has 2 aliphatic heterocycles. The molecule has 1 atom stereocenters. The highest BCUT2D eigenvalue weighted by molar-refractivity contribution is 5.70. The van der Waals surface area contributed by atoms with Crippen molar-refractivity contribution in [1.29, 1.82) is 5.26 Å². The summed E-state index contributed by atoms with van der Waals surface area (Å²) in [5.74, 6) is -0.314. The van der Waals surface area contributed by atoms with E-state index >= 15 is 4.39 Å². The summed E-state index contributed by atoms with van der Waals surface area (Å²) < 4.78 is 32.0. The first-order valence-corrected chi connectivity index (χ1v) is 12.2. The van der Waals surface area contributed by atoms with Gasteiger partial charge in [0, 0.05) is 44.2 Å². The molecule has 10 heteroatoms. The van der Waals surface area contributed by atoms with Gasteiger partial charge in [0.15, 0.2) is 0 Å². The minimum atomic E-state index is -0.659. The van der Waals surface area contributed by atoms with Gasteiger partial charge in [0.05, 0.1) is 11.7 Å². The van der Waals surface area contributed by atoms with E-state index in [1.165, 1.54) is 0 Å². The lowest BCUT2D eigenvalue weighted by Crippen LogP contribution is -2.50. The van der Waals surface area contributed by atoms with Crippen LogP contribution in [0.2, 0.25) is 0 Å². The van der Waals surface area contributed by atoms with Crippen molar-refractivity contribution in [2.45, 2.75) is 45.4 Å². The molecule has 9 nitrogen and oxygen atoms in total. The molecule has 0 spiro atoms. The Labute approximate surface area is 215 Å². The predicted molar refractivity (Wildman–Crippen MR) is 134 cm³/mol. The molecule has 2 aliphatic rings. The number of nitrogens with zero attached hydrogens (tertiary/aromatic N) is 3. The second-order valence-corrected chi connectivity index (χ2v) is 10.0. The molecular weight excluding hydrogens is 479 g/mol. The summed E-state index contributed by atoms with van der Waals surface area (Å²) in [4.78, 5) is 28.1. The summed E-state index contributed by atoms with van der Waals surface area (Å²) in [6, 6.07) is 12.4. The number of hydrogen-bond acceptors (Lipinski definition) is 7. The lowest BCUT2D eigenvalue weighted by Gasteiger charge is -2.37. The SMILES string of the molecule is CC(C)(C)OC(=O)N1CCN(c2cc3c(c(F)c2C#N)C[C@@H](NC(=O)OCc2ccccc2)CO3)CC1. The van der Waals surface area contributed by atoms with E-state index in [1.807, 2.05) is 62.1 Å². The molecule has 2 amide bonds. The minimum Gasteiger partial charge on any atom is -0.491 e. The number of ether oxygens (including phenoxy) is 3. The first kappa shape index (κ1) is 26.1. The Morgan fingerprint density at radius 2 is 1.89 bits per heavy atom. The van der Waals surface area contributed by atoms with Crippen molar-refractivity contribution < 1.29 is 28.2 Å². The zero-order chi connectivity index (χ0) is 26.6. The average Bonchev–Trinajstić information content (AvgIpc) is 2.87. The highest BCUT2D eigenvalue weighted by atomic mass is 19.1. The van der Waals surface area contributed by atoms with Gasteiger partial charge in [0.25, 0.3) is 0 Å². The number of alkyl carbamates (subject to hydrolysis) is 1. The normalized spacial score (nSPS) is 17.2. The van der Waals surface area contributed by atoms with Gasteiger partial charge in [-0.15, -0.1) is 0 Å². The van der Waals surface area contributed by atoms with Gasteiger partial charge in [0.1, 0.15) is 42.0 Å². The van der Waals surface area contributed by atoms with Crippen molar-refractivity contribution in [2.75, 3.05) is 37.7 Å². The van der Waals surface area contributed by atoms with Gasteiger partial charge < -0.3 is 29.3 Å². The number of hydrogen-bond donors (Lipinski definition) is 1. The maximum absolute atomic E-state index is 15.5. The van der Waals surface area contributed by atoms with Gasteiger partial charge in [0.2, 0.25) is 0 Å². The molecule has 196 valence electrons. The number of carbonyl (C=O) groups excluding carboxylic acids is 2. The van der Waals surface area contributed by atoms with Crippen LogP contribution in [0.15, 0.2) is 36.4 Å². The predicted octanol–water partition coefficient (Wildman–Crippen LogP) is 3.98. The van der Waals surface area contributed by atoms with Crippen LogP contribution in [-0.2, 0) is 22.5 Å². The topological polar surface area (TPSA) is 104 Å². The fraction of sp³-hybridized carbons (Fsp3) is 0.444. The highest BCUT2D eigenvalue weighted by Crippen LogP contribution is 2.36. The number of nitriles is 1. The fourth-order valence-corrected chi connectivity index (χ4v) is 4.31. The van der Waals surface area contributed by atoms with Crippen molar-refractivity contribution in [3.05, 3.63) is 58.9 Å². The summed E-state index contributed by atoms with van der Waals surface area (Å²) in [6.07, 6.45) is -0.849. The molecule has 37 heavy (non-hydrogen) atoms. The van der Waals surface area contributed by atoms with Gasteiger partial charge in [-0.3, -0.25) is 0 Å². The summed E-state index contributed by atoms with van der Waals surface area (Å²) in [5, 5.41) is 12.5. The van der Waals surface area contributed by atoms with Crippen LogP contribution in [0.1, 0.15) is 37.5 Å². The van der Waals surface area contributed by atoms with Crippen LogP contribution < -0.4 is 15.0 Å². The number of fused-ring (bicyclic) bond motifs is 1. The molecule has 2 heterocycles. The van der Waals surface area contributed by atoms with Crippen LogP contribution in [0.25, 0.3) is 0 Å². The minimum absolute atomic E-state index is 0.0830. The quantitative estimate of drug-likeness (QED) is 0.663. The lowest BCUT2D eigenvalue weighted by atomic mass is 9.97. The largest absolute Gasteiger partial charge is 0.491 e. The van der Waals surface area contributed by atoms with Crippen molar-refractivity contribution in [3.8, 4) is 11.8 Å². The van der Waals surface area contributed by atoms with E-state index in [2.05, 4.69) is 5.32 Å². The Hall–Kier alpha value is -4.00. The van der Waals surface area contributed by atoms with Crippen LogP contribution in [0, 0.1) is 17.1 Å². The summed E-state index contributed by atoms with van der Waals surface area (Å²) in [7, 11) is 0. The standard InChI is InChI=1S/C27H31FN4O5/c1-27(2,3)37-26(34)32-11-9-31(10-12-32)22-14-23-20(24(28)21(22)15-29)13-19(17-35-23)30-25(33)36-16-18-7-5-4-6-8-18/h4-8,14,19H,9-13,16-17H2,1-3H3,(H,30,33)/t19-/m1/s1. The smallest absolute Gasteiger partial charge is 0.410 e. The second kappa shape index (κ2) is 10.9. The Kier molecular flexibility index (Phi) is 7.71.